The van der Waals surface area contributed by atoms with Gasteiger partial charge in [0.1, 0.15) is 17.3 Å². The number of ether oxygens (including phenoxy) is 2. The van der Waals surface area contributed by atoms with Gasteiger partial charge in [0.05, 0.1) is 11.6 Å². The standard InChI is InChI=1S/C19H18N2O5S/c1-4-8-26-19(24)13(11-20)18-21(5-2)17(23)16(27-18)10-12-6-7-14(22)15(9-12)25-3/h4,6-7,9-10,22H,1,5,8H2,2-3H3/b16-10?,18-13-. The second-order valence-electron chi connectivity index (χ2n) is 5.27. The molecule has 0 bridgehead atoms. The molecule has 0 amide bonds. The molecule has 0 aliphatic heterocycles. The molecule has 0 fully saturated rings. The molecule has 7 nitrogen and oxygen atoms in total. The molecule has 1 aromatic carbocycles. The lowest BCUT2D eigenvalue weighted by molar-refractivity contribution is -0.135. The van der Waals surface area contributed by atoms with Crippen LogP contribution in [-0.4, -0.2) is 29.4 Å². The van der Waals surface area contributed by atoms with E-state index in [1.54, 1.807) is 25.1 Å². The lowest BCUT2D eigenvalue weighted by Gasteiger charge is -2.03. The Labute approximate surface area is 159 Å². The number of aromatic nitrogens is 1. The van der Waals surface area contributed by atoms with Gasteiger partial charge in [-0.1, -0.05) is 18.7 Å². The number of carbonyl (C=O) groups excluding carboxylic acids is 1. The molecular formula is C19H18N2O5S. The van der Waals surface area contributed by atoms with E-state index in [-0.39, 0.29) is 40.4 Å². The molecule has 8 heteroatoms. The largest absolute Gasteiger partial charge is 0.504 e. The van der Waals surface area contributed by atoms with Crippen molar-refractivity contribution < 1.29 is 19.4 Å². The van der Waals surface area contributed by atoms with Crippen LogP contribution in [-0.2, 0) is 16.1 Å². The minimum absolute atomic E-state index is 0.0162. The summed E-state index contributed by atoms with van der Waals surface area (Å²) in [5.41, 5.74) is 0.0723. The van der Waals surface area contributed by atoms with Gasteiger partial charge in [-0.15, -0.1) is 11.3 Å². The molecule has 0 saturated heterocycles. The quantitative estimate of drug-likeness (QED) is 0.584. The zero-order valence-electron chi connectivity index (χ0n) is 14.9. The Bertz CT molecular complexity index is 1090. The van der Waals surface area contributed by atoms with E-state index in [0.717, 1.165) is 11.3 Å². The number of aromatic hydroxyl groups is 1. The Morgan fingerprint density at radius 1 is 1.48 bits per heavy atom. The fourth-order valence-electron chi connectivity index (χ4n) is 2.32. The van der Waals surface area contributed by atoms with Gasteiger partial charge >= 0.3 is 5.97 Å². The summed E-state index contributed by atoms with van der Waals surface area (Å²) in [6, 6.07) is 6.49. The average molecular weight is 386 g/mol. The maximum atomic E-state index is 12.7. The first-order valence-corrected chi connectivity index (χ1v) is 8.79. The summed E-state index contributed by atoms with van der Waals surface area (Å²) in [5.74, 6) is -0.551. The van der Waals surface area contributed by atoms with E-state index >= 15 is 0 Å². The number of phenols is 1. The molecule has 0 unspecified atom stereocenters. The minimum Gasteiger partial charge on any atom is -0.504 e. The van der Waals surface area contributed by atoms with Crippen molar-refractivity contribution >= 4 is 29.0 Å². The first-order valence-electron chi connectivity index (χ1n) is 7.97. The van der Waals surface area contributed by atoms with Gasteiger partial charge in [0.2, 0.25) is 0 Å². The maximum absolute atomic E-state index is 12.7. The molecule has 2 rings (SSSR count). The van der Waals surface area contributed by atoms with E-state index in [9.17, 15) is 20.0 Å². The van der Waals surface area contributed by atoms with Crippen molar-refractivity contribution in [1.29, 1.82) is 5.26 Å². The molecule has 0 aliphatic carbocycles. The Morgan fingerprint density at radius 3 is 2.81 bits per heavy atom. The Hall–Kier alpha value is -3.31. The highest BCUT2D eigenvalue weighted by Gasteiger charge is 2.16. The van der Waals surface area contributed by atoms with Crippen LogP contribution in [0.3, 0.4) is 0 Å². The van der Waals surface area contributed by atoms with Crippen LogP contribution in [0.4, 0.5) is 0 Å². The van der Waals surface area contributed by atoms with Crippen molar-refractivity contribution in [3.63, 3.8) is 0 Å². The number of hydrogen-bond donors (Lipinski definition) is 1. The summed E-state index contributed by atoms with van der Waals surface area (Å²) in [7, 11) is 1.43. The number of nitrogens with zero attached hydrogens (tertiary/aromatic N) is 2. The molecule has 0 aliphatic rings. The molecule has 1 N–H and O–H groups in total. The number of methoxy groups -OCH3 is 1. The zero-order chi connectivity index (χ0) is 20.0. The lowest BCUT2D eigenvalue weighted by Crippen LogP contribution is -2.32. The predicted molar refractivity (Wildman–Crippen MR) is 102 cm³/mol. The summed E-state index contributed by atoms with van der Waals surface area (Å²) in [6.07, 6.45) is 3.00. The number of esters is 1. The van der Waals surface area contributed by atoms with Gasteiger partial charge in [0.15, 0.2) is 17.1 Å². The Morgan fingerprint density at radius 2 is 2.22 bits per heavy atom. The van der Waals surface area contributed by atoms with Crippen LogP contribution in [0.25, 0.3) is 11.6 Å². The van der Waals surface area contributed by atoms with E-state index < -0.39 is 5.97 Å². The van der Waals surface area contributed by atoms with E-state index in [0.29, 0.717) is 10.1 Å². The van der Waals surface area contributed by atoms with E-state index in [1.807, 2.05) is 6.07 Å². The summed E-state index contributed by atoms with van der Waals surface area (Å²) in [5, 5.41) is 19.1. The van der Waals surface area contributed by atoms with Crippen molar-refractivity contribution in [2.24, 2.45) is 0 Å². The lowest BCUT2D eigenvalue weighted by atomic mass is 10.2. The van der Waals surface area contributed by atoms with Gasteiger partial charge in [-0.3, -0.25) is 9.36 Å². The van der Waals surface area contributed by atoms with E-state index in [1.165, 1.54) is 23.8 Å². The van der Waals surface area contributed by atoms with Gasteiger partial charge in [-0.05, 0) is 30.7 Å². The number of nitriles is 1. The van der Waals surface area contributed by atoms with Gasteiger partial charge in [0.25, 0.3) is 5.56 Å². The molecule has 0 radical (unpaired) electrons. The first-order chi connectivity index (χ1) is 13.0. The maximum Gasteiger partial charge on any atom is 0.352 e. The molecule has 2 aromatic rings. The van der Waals surface area contributed by atoms with Crippen LogP contribution in [0, 0.1) is 11.3 Å². The number of phenolic OH excluding ortho intramolecular Hbond substituents is 1. The number of benzene rings is 1. The third-order valence-corrected chi connectivity index (χ3v) is 4.72. The zero-order valence-corrected chi connectivity index (χ0v) is 15.7. The van der Waals surface area contributed by atoms with Crippen LogP contribution in [0.2, 0.25) is 0 Å². The Kier molecular flexibility index (Phi) is 6.57. The third kappa shape index (κ3) is 4.27. The third-order valence-electron chi connectivity index (χ3n) is 3.59. The summed E-state index contributed by atoms with van der Waals surface area (Å²) < 4.78 is 11.9. The van der Waals surface area contributed by atoms with Crippen molar-refractivity contribution in [3.05, 3.63) is 56.0 Å². The van der Waals surface area contributed by atoms with Gasteiger partial charge in [0, 0.05) is 6.54 Å². The fourth-order valence-corrected chi connectivity index (χ4v) is 3.47. The molecule has 1 aromatic heterocycles. The van der Waals surface area contributed by atoms with Crippen LogP contribution in [0.1, 0.15) is 12.5 Å². The highest BCUT2D eigenvalue weighted by Crippen LogP contribution is 2.26. The summed E-state index contributed by atoms with van der Waals surface area (Å²) >= 11 is 1.02. The second kappa shape index (κ2) is 8.87. The van der Waals surface area contributed by atoms with Crippen LogP contribution < -0.4 is 19.5 Å². The first kappa shape index (κ1) is 20.0. The molecule has 1 heterocycles. The normalized spacial score (nSPS) is 12.3. The molecule has 0 atom stereocenters. The average Bonchev–Trinajstić information content (AvgIpc) is 2.97. The highest BCUT2D eigenvalue weighted by molar-refractivity contribution is 7.07. The molecular weight excluding hydrogens is 368 g/mol. The van der Waals surface area contributed by atoms with Crippen molar-refractivity contribution in [3.8, 4) is 17.6 Å². The second-order valence-corrected chi connectivity index (χ2v) is 6.30. The van der Waals surface area contributed by atoms with E-state index in [4.69, 9.17) is 9.47 Å². The number of carbonyl (C=O) groups is 1. The number of thiazole rings is 1. The molecule has 0 saturated carbocycles. The molecule has 0 spiro atoms. The van der Waals surface area contributed by atoms with Gasteiger partial charge in [-0.2, -0.15) is 5.26 Å². The fraction of sp³-hybridized carbons (Fsp3) is 0.211. The van der Waals surface area contributed by atoms with E-state index in [2.05, 4.69) is 6.58 Å². The molecule has 27 heavy (non-hydrogen) atoms. The highest BCUT2D eigenvalue weighted by atomic mass is 32.1. The van der Waals surface area contributed by atoms with Gasteiger partial charge < -0.3 is 14.6 Å². The van der Waals surface area contributed by atoms with Crippen LogP contribution in [0.15, 0.2) is 35.6 Å². The summed E-state index contributed by atoms with van der Waals surface area (Å²) in [4.78, 5) is 24.8. The number of hydrogen-bond acceptors (Lipinski definition) is 7. The SMILES string of the molecule is C=CCOC(=O)/C(C#N)=c1\sc(=Cc2ccc(O)c(OC)c2)c(=O)n1CC. The minimum atomic E-state index is -0.807. The smallest absolute Gasteiger partial charge is 0.352 e. The molecule has 140 valence electrons. The van der Waals surface area contributed by atoms with Crippen LogP contribution >= 0.6 is 11.3 Å². The number of rotatable bonds is 6. The van der Waals surface area contributed by atoms with Crippen molar-refractivity contribution in [1.82, 2.24) is 4.57 Å². The van der Waals surface area contributed by atoms with Crippen LogP contribution in [0.5, 0.6) is 11.5 Å². The Balaban J connectivity index is 2.70. The predicted octanol–water partition coefficient (Wildman–Crippen LogP) is 0.876. The topological polar surface area (TPSA) is 102 Å². The van der Waals surface area contributed by atoms with Gasteiger partial charge in [-0.25, -0.2) is 4.79 Å². The monoisotopic (exact) mass is 386 g/mol. The van der Waals surface area contributed by atoms with Crippen molar-refractivity contribution in [2.45, 2.75) is 13.5 Å². The van der Waals surface area contributed by atoms with Crippen molar-refractivity contribution in [2.75, 3.05) is 13.7 Å². The summed E-state index contributed by atoms with van der Waals surface area (Å²) in [6.45, 7) is 5.46.